The molecule has 0 aromatic heterocycles. The number of rotatable bonds is 2. The Balaban J connectivity index is 1.68. The monoisotopic (exact) mass is 290 g/mol. The molecule has 4 nitrogen and oxygen atoms in total. The SMILES string of the molecule is C[C@]12CC3CC(N4C[C@@H](C(N)=O)CC4=O)(C1)C[C@@](C)(C3)C2. The number of carbonyl (C=O) groups is 2. The minimum absolute atomic E-state index is 0.0181. The summed E-state index contributed by atoms with van der Waals surface area (Å²) in [5.41, 5.74) is 6.24. The van der Waals surface area contributed by atoms with Crippen LogP contribution < -0.4 is 5.73 Å². The first-order chi connectivity index (χ1) is 9.73. The quantitative estimate of drug-likeness (QED) is 0.846. The van der Waals surface area contributed by atoms with Crippen LogP contribution in [0.3, 0.4) is 0 Å². The van der Waals surface area contributed by atoms with E-state index in [1.165, 1.54) is 19.3 Å². The van der Waals surface area contributed by atoms with Crippen molar-refractivity contribution >= 4 is 11.8 Å². The van der Waals surface area contributed by atoms with E-state index >= 15 is 0 Å². The van der Waals surface area contributed by atoms with E-state index in [1.807, 2.05) is 0 Å². The lowest BCUT2D eigenvalue weighted by Gasteiger charge is -2.67. The van der Waals surface area contributed by atoms with E-state index in [4.69, 9.17) is 5.73 Å². The fraction of sp³-hybridized carbons (Fsp3) is 0.882. The Bertz CT molecular complexity index is 511. The van der Waals surface area contributed by atoms with Gasteiger partial charge in [0, 0.05) is 18.5 Å². The van der Waals surface area contributed by atoms with Gasteiger partial charge in [0.25, 0.3) is 0 Å². The molecule has 116 valence electrons. The normalized spacial score (nSPS) is 51.7. The topological polar surface area (TPSA) is 63.4 Å². The smallest absolute Gasteiger partial charge is 0.223 e. The predicted octanol–water partition coefficient (Wildman–Crippen LogP) is 2.07. The fourth-order valence-corrected chi connectivity index (χ4v) is 7.04. The molecule has 5 atom stereocenters. The van der Waals surface area contributed by atoms with Crippen molar-refractivity contribution in [2.24, 2.45) is 28.4 Å². The molecule has 4 heteroatoms. The maximum atomic E-state index is 12.5. The van der Waals surface area contributed by atoms with Gasteiger partial charge in [0.15, 0.2) is 0 Å². The fourth-order valence-electron chi connectivity index (χ4n) is 7.04. The Labute approximate surface area is 126 Å². The highest BCUT2D eigenvalue weighted by Gasteiger charge is 2.63. The molecule has 0 spiro atoms. The summed E-state index contributed by atoms with van der Waals surface area (Å²) in [7, 11) is 0. The van der Waals surface area contributed by atoms with Crippen LogP contribution in [0.2, 0.25) is 0 Å². The lowest BCUT2D eigenvalue weighted by molar-refractivity contribution is -0.170. The number of amides is 2. The Morgan fingerprint density at radius 2 is 1.76 bits per heavy atom. The third-order valence-electron chi connectivity index (χ3n) is 6.70. The summed E-state index contributed by atoms with van der Waals surface area (Å²) in [5.74, 6) is 0.337. The first kappa shape index (κ1) is 13.6. The number of nitrogens with two attached hydrogens (primary N) is 1. The molecule has 4 saturated carbocycles. The van der Waals surface area contributed by atoms with E-state index in [2.05, 4.69) is 18.7 Å². The second kappa shape index (κ2) is 3.82. The lowest BCUT2D eigenvalue weighted by atomic mass is 9.42. The van der Waals surface area contributed by atoms with Crippen molar-refractivity contribution in [1.29, 1.82) is 0 Å². The minimum Gasteiger partial charge on any atom is -0.369 e. The van der Waals surface area contributed by atoms with Crippen molar-refractivity contribution in [3.05, 3.63) is 0 Å². The average Bonchev–Trinajstić information content (AvgIpc) is 2.67. The Morgan fingerprint density at radius 3 is 2.24 bits per heavy atom. The molecule has 5 fully saturated rings. The zero-order valence-electron chi connectivity index (χ0n) is 13.2. The molecule has 1 saturated heterocycles. The van der Waals surface area contributed by atoms with Crippen molar-refractivity contribution < 1.29 is 9.59 Å². The van der Waals surface area contributed by atoms with E-state index in [1.54, 1.807) is 0 Å². The Morgan fingerprint density at radius 1 is 1.14 bits per heavy atom. The van der Waals surface area contributed by atoms with Crippen LogP contribution in [0.15, 0.2) is 0 Å². The van der Waals surface area contributed by atoms with Gasteiger partial charge in [0.05, 0.1) is 5.92 Å². The summed E-state index contributed by atoms with van der Waals surface area (Å²) in [6, 6.07) is 0. The highest BCUT2D eigenvalue weighted by Crippen LogP contribution is 2.68. The van der Waals surface area contributed by atoms with Crippen LogP contribution in [0, 0.1) is 22.7 Å². The molecule has 5 aliphatic rings. The van der Waals surface area contributed by atoms with Crippen LogP contribution in [0.5, 0.6) is 0 Å². The van der Waals surface area contributed by atoms with Gasteiger partial charge in [0.1, 0.15) is 0 Å². The molecule has 2 N–H and O–H groups in total. The van der Waals surface area contributed by atoms with Gasteiger partial charge in [-0.15, -0.1) is 0 Å². The maximum Gasteiger partial charge on any atom is 0.223 e. The van der Waals surface area contributed by atoms with Gasteiger partial charge in [-0.1, -0.05) is 13.8 Å². The largest absolute Gasteiger partial charge is 0.369 e. The van der Waals surface area contributed by atoms with Gasteiger partial charge in [-0.25, -0.2) is 0 Å². The van der Waals surface area contributed by atoms with Crippen molar-refractivity contribution in [2.45, 2.75) is 64.3 Å². The van der Waals surface area contributed by atoms with Gasteiger partial charge in [0.2, 0.25) is 11.8 Å². The standard InChI is InChI=1S/C17H26N2O2/c1-15-4-11-5-16(2,8-15)10-17(6-11,9-15)19-7-12(14(18)21)3-13(19)20/h11-12H,3-10H2,1-2H3,(H2,18,21)/t11?,12-,15-,16+,17?/m0/s1. The maximum absolute atomic E-state index is 12.5. The van der Waals surface area contributed by atoms with E-state index in [0.717, 1.165) is 25.2 Å². The zero-order valence-corrected chi connectivity index (χ0v) is 13.2. The minimum atomic E-state index is -0.312. The number of carbonyl (C=O) groups excluding carboxylic acids is 2. The summed E-state index contributed by atoms with van der Waals surface area (Å²) in [5, 5.41) is 0. The summed E-state index contributed by atoms with van der Waals surface area (Å²) >= 11 is 0. The molecule has 2 amide bonds. The van der Waals surface area contributed by atoms with Crippen LogP contribution in [-0.2, 0) is 9.59 Å². The second-order valence-electron chi connectivity index (χ2n) is 9.16. The van der Waals surface area contributed by atoms with Gasteiger partial charge in [-0.3, -0.25) is 9.59 Å². The molecule has 4 aliphatic carbocycles. The van der Waals surface area contributed by atoms with E-state index in [9.17, 15) is 9.59 Å². The average molecular weight is 290 g/mol. The third kappa shape index (κ3) is 1.87. The Kier molecular flexibility index (Phi) is 2.47. The molecule has 21 heavy (non-hydrogen) atoms. The molecular formula is C17H26N2O2. The first-order valence-corrected chi connectivity index (χ1v) is 8.33. The molecular weight excluding hydrogens is 264 g/mol. The van der Waals surface area contributed by atoms with Crippen LogP contribution in [0.25, 0.3) is 0 Å². The second-order valence-corrected chi connectivity index (χ2v) is 9.16. The molecule has 1 aliphatic heterocycles. The Hall–Kier alpha value is -1.06. The number of hydrogen-bond acceptors (Lipinski definition) is 2. The van der Waals surface area contributed by atoms with Gasteiger partial charge in [-0.2, -0.15) is 0 Å². The zero-order chi connectivity index (χ0) is 15.0. The van der Waals surface area contributed by atoms with Crippen LogP contribution in [0.1, 0.15) is 58.8 Å². The number of nitrogens with zero attached hydrogens (tertiary/aromatic N) is 1. The van der Waals surface area contributed by atoms with Crippen molar-refractivity contribution in [2.75, 3.05) is 6.54 Å². The van der Waals surface area contributed by atoms with Crippen molar-refractivity contribution in [1.82, 2.24) is 4.90 Å². The van der Waals surface area contributed by atoms with E-state index < -0.39 is 0 Å². The van der Waals surface area contributed by atoms with Crippen LogP contribution >= 0.6 is 0 Å². The summed E-state index contributed by atoms with van der Waals surface area (Å²) in [4.78, 5) is 26.1. The van der Waals surface area contributed by atoms with Crippen molar-refractivity contribution in [3.8, 4) is 0 Å². The molecule has 4 bridgehead atoms. The van der Waals surface area contributed by atoms with Crippen molar-refractivity contribution in [3.63, 3.8) is 0 Å². The highest BCUT2D eigenvalue weighted by molar-refractivity contribution is 5.89. The third-order valence-corrected chi connectivity index (χ3v) is 6.70. The van der Waals surface area contributed by atoms with E-state index in [-0.39, 0.29) is 23.3 Å². The molecule has 1 heterocycles. The number of hydrogen-bond donors (Lipinski definition) is 1. The van der Waals surface area contributed by atoms with E-state index in [0.29, 0.717) is 23.8 Å². The summed E-state index contributed by atoms with van der Waals surface area (Å²) in [6.07, 6.45) is 7.69. The molecule has 2 unspecified atom stereocenters. The predicted molar refractivity (Wildman–Crippen MR) is 79.2 cm³/mol. The first-order valence-electron chi connectivity index (χ1n) is 8.33. The lowest BCUT2D eigenvalue weighted by Crippen LogP contribution is -2.65. The summed E-state index contributed by atoms with van der Waals surface area (Å²) in [6.45, 7) is 5.39. The molecule has 5 rings (SSSR count). The van der Waals surface area contributed by atoms with Gasteiger partial charge in [-0.05, 0) is 55.3 Å². The summed E-state index contributed by atoms with van der Waals surface area (Å²) < 4.78 is 0. The van der Waals surface area contributed by atoms with Crippen LogP contribution in [-0.4, -0.2) is 28.8 Å². The van der Waals surface area contributed by atoms with Gasteiger partial charge >= 0.3 is 0 Å². The van der Waals surface area contributed by atoms with Crippen LogP contribution in [0.4, 0.5) is 0 Å². The number of likely N-dealkylation sites (tertiary alicyclic amines) is 1. The van der Waals surface area contributed by atoms with Gasteiger partial charge < -0.3 is 10.6 Å². The molecule has 0 aromatic rings. The molecule has 0 radical (unpaired) electrons. The number of primary amides is 1. The molecule has 0 aromatic carbocycles. The highest BCUT2D eigenvalue weighted by atomic mass is 16.2.